The van der Waals surface area contributed by atoms with Crippen molar-refractivity contribution >= 4 is 16.9 Å². The van der Waals surface area contributed by atoms with Gasteiger partial charge in [-0.15, -0.1) is 0 Å². The van der Waals surface area contributed by atoms with Gasteiger partial charge in [-0.3, -0.25) is 4.79 Å². The Labute approximate surface area is 130 Å². The number of amides is 1. The number of benzene rings is 1. The second-order valence-corrected chi connectivity index (χ2v) is 6.05. The van der Waals surface area contributed by atoms with Gasteiger partial charge in [0.05, 0.1) is 11.0 Å². The van der Waals surface area contributed by atoms with Crippen LogP contribution in [0.3, 0.4) is 0 Å². The normalized spacial score (nSPS) is 18.5. The zero-order chi connectivity index (χ0) is 15.4. The van der Waals surface area contributed by atoms with Crippen molar-refractivity contribution in [1.29, 1.82) is 0 Å². The Bertz CT molecular complexity index is 599. The molecule has 1 aromatic heterocycles. The van der Waals surface area contributed by atoms with E-state index in [9.17, 15) is 4.79 Å². The van der Waals surface area contributed by atoms with Gasteiger partial charge in [0.2, 0.25) is 5.91 Å². The number of fused-ring (bicyclic) bond motifs is 1. The van der Waals surface area contributed by atoms with E-state index >= 15 is 0 Å². The average molecular weight is 301 g/mol. The van der Waals surface area contributed by atoms with Crippen molar-refractivity contribution in [2.24, 2.45) is 5.92 Å². The SMILES string of the molecule is CN(CCc1nc2ccccc2[nH]1)C(=O)C[C@@H]1CCCOC1. The summed E-state index contributed by atoms with van der Waals surface area (Å²) in [5.41, 5.74) is 2.02. The summed E-state index contributed by atoms with van der Waals surface area (Å²) >= 11 is 0. The maximum absolute atomic E-state index is 12.2. The number of likely N-dealkylation sites (N-methyl/N-ethyl adjacent to an activating group) is 1. The number of aromatic amines is 1. The highest BCUT2D eigenvalue weighted by atomic mass is 16.5. The van der Waals surface area contributed by atoms with Gasteiger partial charge in [0, 0.05) is 39.6 Å². The van der Waals surface area contributed by atoms with Crippen LogP contribution in [0, 0.1) is 5.92 Å². The molecule has 0 spiro atoms. The molecule has 1 N–H and O–H groups in total. The number of hydrogen-bond acceptors (Lipinski definition) is 3. The first-order valence-corrected chi connectivity index (χ1v) is 7.97. The highest BCUT2D eigenvalue weighted by Gasteiger charge is 2.19. The molecule has 1 atom stereocenters. The molecule has 0 bridgehead atoms. The van der Waals surface area contributed by atoms with Crippen LogP contribution >= 0.6 is 0 Å². The third-order valence-electron chi connectivity index (χ3n) is 4.27. The molecule has 1 aliphatic heterocycles. The fourth-order valence-electron chi connectivity index (χ4n) is 2.89. The Balaban J connectivity index is 1.50. The first-order chi connectivity index (χ1) is 10.7. The first kappa shape index (κ1) is 15.0. The molecule has 2 heterocycles. The Morgan fingerprint density at radius 2 is 2.32 bits per heavy atom. The Morgan fingerprint density at radius 3 is 3.09 bits per heavy atom. The molecule has 1 aromatic carbocycles. The number of carbonyl (C=O) groups is 1. The number of ether oxygens (including phenoxy) is 1. The first-order valence-electron chi connectivity index (χ1n) is 7.97. The van der Waals surface area contributed by atoms with Crippen LogP contribution in [0.1, 0.15) is 25.1 Å². The van der Waals surface area contributed by atoms with Crippen molar-refractivity contribution in [2.45, 2.75) is 25.7 Å². The maximum atomic E-state index is 12.2. The molecule has 22 heavy (non-hydrogen) atoms. The highest BCUT2D eigenvalue weighted by Crippen LogP contribution is 2.18. The standard InChI is InChI=1S/C17H23N3O2/c1-20(17(21)11-13-5-4-10-22-12-13)9-8-16-18-14-6-2-3-7-15(14)19-16/h2-3,6-7,13H,4-5,8-12H2,1H3,(H,18,19)/t13-/m0/s1. The van der Waals surface area contributed by atoms with Crippen LogP contribution in [0.4, 0.5) is 0 Å². The molecule has 5 heteroatoms. The summed E-state index contributed by atoms with van der Waals surface area (Å²) in [7, 11) is 1.87. The third kappa shape index (κ3) is 3.65. The minimum atomic E-state index is 0.201. The van der Waals surface area contributed by atoms with Crippen LogP contribution in [0.2, 0.25) is 0 Å². The molecule has 5 nitrogen and oxygen atoms in total. The van der Waals surface area contributed by atoms with E-state index < -0.39 is 0 Å². The molecule has 1 aliphatic rings. The zero-order valence-corrected chi connectivity index (χ0v) is 13.0. The second-order valence-electron chi connectivity index (χ2n) is 6.05. The lowest BCUT2D eigenvalue weighted by Crippen LogP contribution is -2.32. The van der Waals surface area contributed by atoms with Gasteiger partial charge in [-0.2, -0.15) is 0 Å². The minimum Gasteiger partial charge on any atom is -0.381 e. The van der Waals surface area contributed by atoms with Crippen molar-refractivity contribution in [2.75, 3.05) is 26.8 Å². The fraction of sp³-hybridized carbons (Fsp3) is 0.529. The number of aromatic nitrogens is 2. The van der Waals surface area contributed by atoms with Gasteiger partial charge < -0.3 is 14.6 Å². The van der Waals surface area contributed by atoms with Gasteiger partial charge in [-0.1, -0.05) is 12.1 Å². The van der Waals surface area contributed by atoms with E-state index in [4.69, 9.17) is 4.74 Å². The van der Waals surface area contributed by atoms with E-state index in [0.29, 0.717) is 18.9 Å². The minimum absolute atomic E-state index is 0.201. The predicted molar refractivity (Wildman–Crippen MR) is 85.6 cm³/mol. The number of carbonyl (C=O) groups excluding carboxylic acids is 1. The smallest absolute Gasteiger partial charge is 0.222 e. The average Bonchev–Trinajstić information content (AvgIpc) is 2.96. The maximum Gasteiger partial charge on any atom is 0.222 e. The summed E-state index contributed by atoms with van der Waals surface area (Å²) in [5, 5.41) is 0. The van der Waals surface area contributed by atoms with Crippen LogP contribution in [-0.2, 0) is 16.0 Å². The van der Waals surface area contributed by atoms with Crippen molar-refractivity contribution < 1.29 is 9.53 Å². The van der Waals surface area contributed by atoms with Crippen LogP contribution in [-0.4, -0.2) is 47.6 Å². The van der Waals surface area contributed by atoms with E-state index in [1.165, 1.54) is 0 Å². The Hall–Kier alpha value is -1.88. The lowest BCUT2D eigenvalue weighted by Gasteiger charge is -2.24. The summed E-state index contributed by atoms with van der Waals surface area (Å²) in [5.74, 6) is 1.52. The summed E-state index contributed by atoms with van der Waals surface area (Å²) in [6.07, 6.45) is 3.51. The van der Waals surface area contributed by atoms with E-state index in [0.717, 1.165) is 49.3 Å². The molecule has 0 aliphatic carbocycles. The largest absolute Gasteiger partial charge is 0.381 e. The van der Waals surface area contributed by atoms with Gasteiger partial charge in [-0.05, 0) is 30.9 Å². The number of H-pyrrole nitrogens is 1. The van der Waals surface area contributed by atoms with Crippen LogP contribution in [0.15, 0.2) is 24.3 Å². The lowest BCUT2D eigenvalue weighted by molar-refractivity contribution is -0.132. The van der Waals surface area contributed by atoms with Crippen LogP contribution < -0.4 is 0 Å². The van der Waals surface area contributed by atoms with E-state index in [1.807, 2.05) is 36.2 Å². The van der Waals surface area contributed by atoms with E-state index in [1.54, 1.807) is 0 Å². The summed E-state index contributed by atoms with van der Waals surface area (Å²) in [4.78, 5) is 21.9. The number of nitrogens with one attached hydrogen (secondary N) is 1. The molecular weight excluding hydrogens is 278 g/mol. The van der Waals surface area contributed by atoms with Crippen molar-refractivity contribution in [3.05, 3.63) is 30.1 Å². The predicted octanol–water partition coefficient (Wildman–Crippen LogP) is 2.38. The van der Waals surface area contributed by atoms with Crippen molar-refractivity contribution in [3.8, 4) is 0 Å². The molecule has 2 aromatic rings. The number of hydrogen-bond donors (Lipinski definition) is 1. The number of rotatable bonds is 5. The number of para-hydroxylation sites is 2. The Kier molecular flexibility index (Phi) is 4.73. The van der Waals surface area contributed by atoms with Crippen LogP contribution in [0.5, 0.6) is 0 Å². The molecule has 0 radical (unpaired) electrons. The van der Waals surface area contributed by atoms with Gasteiger partial charge in [-0.25, -0.2) is 4.98 Å². The zero-order valence-electron chi connectivity index (χ0n) is 13.0. The van der Waals surface area contributed by atoms with Crippen LogP contribution in [0.25, 0.3) is 11.0 Å². The summed E-state index contributed by atoms with van der Waals surface area (Å²) in [6.45, 7) is 2.25. The molecule has 1 fully saturated rings. The summed E-state index contributed by atoms with van der Waals surface area (Å²) < 4.78 is 5.44. The van der Waals surface area contributed by atoms with Crippen molar-refractivity contribution in [1.82, 2.24) is 14.9 Å². The van der Waals surface area contributed by atoms with Gasteiger partial charge >= 0.3 is 0 Å². The fourth-order valence-corrected chi connectivity index (χ4v) is 2.89. The number of nitrogens with zero attached hydrogens (tertiary/aromatic N) is 2. The Morgan fingerprint density at radius 1 is 1.45 bits per heavy atom. The second kappa shape index (κ2) is 6.92. The monoisotopic (exact) mass is 301 g/mol. The molecule has 0 unspecified atom stereocenters. The molecule has 0 saturated carbocycles. The highest BCUT2D eigenvalue weighted by molar-refractivity contribution is 5.76. The third-order valence-corrected chi connectivity index (χ3v) is 4.27. The van der Waals surface area contributed by atoms with Gasteiger partial charge in [0.25, 0.3) is 0 Å². The molecule has 118 valence electrons. The van der Waals surface area contributed by atoms with Gasteiger partial charge in [0.15, 0.2) is 0 Å². The van der Waals surface area contributed by atoms with E-state index in [-0.39, 0.29) is 5.91 Å². The molecular formula is C17H23N3O2. The van der Waals surface area contributed by atoms with Gasteiger partial charge in [0.1, 0.15) is 5.82 Å². The van der Waals surface area contributed by atoms with E-state index in [2.05, 4.69) is 9.97 Å². The molecule has 3 rings (SSSR count). The lowest BCUT2D eigenvalue weighted by atomic mass is 9.98. The number of imidazole rings is 1. The molecule has 1 saturated heterocycles. The van der Waals surface area contributed by atoms with Crippen molar-refractivity contribution in [3.63, 3.8) is 0 Å². The quantitative estimate of drug-likeness (QED) is 0.922. The summed E-state index contributed by atoms with van der Waals surface area (Å²) in [6, 6.07) is 7.98. The topological polar surface area (TPSA) is 58.2 Å². The molecule has 1 amide bonds.